The number of fused-ring (bicyclic) bond motifs is 6. The van der Waals surface area contributed by atoms with E-state index in [0.717, 1.165) is 56.7 Å². The first-order chi connectivity index (χ1) is 21.7. The molecule has 2 heterocycles. The Hall–Kier alpha value is -4.30. The quantitative estimate of drug-likeness (QED) is 0.135. The molecule has 7 rings (SSSR count). The fourth-order valence-electron chi connectivity index (χ4n) is 6.73. The first kappa shape index (κ1) is 28.5. The third-order valence-corrected chi connectivity index (χ3v) is 9.22. The fraction of sp³-hybridized carbons (Fsp3) is 0.286. The number of benzene rings is 5. The summed E-state index contributed by atoms with van der Waals surface area (Å²) >= 11 is 0. The molecule has 0 aliphatic carbocycles. The molecule has 0 aliphatic rings. The molecule has 0 unspecified atom stereocenters. The Morgan fingerprint density at radius 1 is 0.386 bits per heavy atom. The number of aryl methyl sites for hydroxylation is 2. The van der Waals surface area contributed by atoms with E-state index in [1.54, 1.807) is 0 Å². The summed E-state index contributed by atoms with van der Waals surface area (Å²) < 4.78 is 12.8. The van der Waals surface area contributed by atoms with Crippen molar-refractivity contribution in [3.63, 3.8) is 0 Å². The zero-order chi connectivity index (χ0) is 29.9. The maximum Gasteiger partial charge on any atom is 0.136 e. The Bertz CT molecular complexity index is 1900. The lowest BCUT2D eigenvalue weighted by Gasteiger charge is -2.06. The monoisotopic (exact) mass is 578 g/mol. The second-order valence-corrected chi connectivity index (χ2v) is 12.5. The topological polar surface area (TPSA) is 26.3 Å². The Morgan fingerprint density at radius 3 is 1.27 bits per heavy atom. The van der Waals surface area contributed by atoms with Crippen LogP contribution in [0.25, 0.3) is 66.1 Å². The van der Waals surface area contributed by atoms with Gasteiger partial charge in [0.15, 0.2) is 0 Å². The van der Waals surface area contributed by atoms with Crippen LogP contribution in [0.15, 0.2) is 106 Å². The normalized spacial score (nSPS) is 11.9. The van der Waals surface area contributed by atoms with Crippen LogP contribution in [0, 0.1) is 0 Å². The molecule has 5 aromatic carbocycles. The molecule has 2 nitrogen and oxygen atoms in total. The van der Waals surface area contributed by atoms with Gasteiger partial charge in [-0.1, -0.05) is 113 Å². The predicted molar refractivity (Wildman–Crippen MR) is 188 cm³/mol. The molecule has 0 saturated heterocycles. The van der Waals surface area contributed by atoms with E-state index in [1.165, 1.54) is 84.7 Å². The van der Waals surface area contributed by atoms with E-state index in [0.29, 0.717) is 0 Å². The molecule has 0 bridgehead atoms. The minimum Gasteiger partial charge on any atom is -0.456 e. The maximum absolute atomic E-state index is 6.41. The van der Waals surface area contributed by atoms with E-state index >= 15 is 0 Å². The first-order valence-electron chi connectivity index (χ1n) is 16.7. The summed E-state index contributed by atoms with van der Waals surface area (Å²) in [5.74, 6) is 0. The molecule has 0 fully saturated rings. The van der Waals surface area contributed by atoms with Crippen LogP contribution in [-0.2, 0) is 12.8 Å². The van der Waals surface area contributed by atoms with Crippen molar-refractivity contribution in [1.29, 1.82) is 0 Å². The summed E-state index contributed by atoms with van der Waals surface area (Å²) in [7, 11) is 0. The van der Waals surface area contributed by atoms with Gasteiger partial charge in [-0.2, -0.15) is 0 Å². The Kier molecular flexibility index (Phi) is 8.24. The number of hydrogen-bond donors (Lipinski definition) is 0. The second kappa shape index (κ2) is 12.7. The molecule has 0 spiro atoms. The minimum absolute atomic E-state index is 0.900. The molecule has 0 amide bonds. The van der Waals surface area contributed by atoms with Crippen LogP contribution in [0.2, 0.25) is 0 Å². The SMILES string of the molecule is CCCCCCc1cccc(-c2ccc3oc4cc5c(cc4c3c2)oc2ccc(-c3cccc(CCCCCC)c3)cc25)c1. The highest BCUT2D eigenvalue weighted by Gasteiger charge is 2.15. The van der Waals surface area contributed by atoms with Crippen molar-refractivity contribution in [3.05, 3.63) is 108 Å². The minimum atomic E-state index is 0.900. The Morgan fingerprint density at radius 2 is 0.818 bits per heavy atom. The van der Waals surface area contributed by atoms with Crippen molar-refractivity contribution in [2.75, 3.05) is 0 Å². The van der Waals surface area contributed by atoms with Gasteiger partial charge in [-0.25, -0.2) is 0 Å². The highest BCUT2D eigenvalue weighted by atomic mass is 16.3. The fourth-order valence-corrected chi connectivity index (χ4v) is 6.73. The molecule has 0 saturated carbocycles. The molecule has 0 aliphatic heterocycles. The van der Waals surface area contributed by atoms with Crippen LogP contribution in [0.1, 0.15) is 76.3 Å². The molecule has 7 aromatic rings. The highest BCUT2D eigenvalue weighted by Crippen LogP contribution is 2.39. The van der Waals surface area contributed by atoms with Gasteiger partial charge >= 0.3 is 0 Å². The van der Waals surface area contributed by atoms with E-state index in [4.69, 9.17) is 8.83 Å². The molecule has 0 atom stereocenters. The van der Waals surface area contributed by atoms with Gasteiger partial charge in [-0.15, -0.1) is 0 Å². The van der Waals surface area contributed by atoms with E-state index in [-0.39, 0.29) is 0 Å². The van der Waals surface area contributed by atoms with Gasteiger partial charge < -0.3 is 8.83 Å². The summed E-state index contributed by atoms with van der Waals surface area (Å²) in [5, 5.41) is 4.45. The summed E-state index contributed by atoms with van der Waals surface area (Å²) in [4.78, 5) is 0. The van der Waals surface area contributed by atoms with E-state index in [9.17, 15) is 0 Å². The van der Waals surface area contributed by atoms with Gasteiger partial charge in [-0.05, 0) is 95.5 Å². The second-order valence-electron chi connectivity index (χ2n) is 12.5. The molecular weight excluding hydrogens is 536 g/mol. The van der Waals surface area contributed by atoms with Crippen LogP contribution in [0.3, 0.4) is 0 Å². The first-order valence-corrected chi connectivity index (χ1v) is 16.7. The van der Waals surface area contributed by atoms with Crippen molar-refractivity contribution >= 4 is 43.9 Å². The van der Waals surface area contributed by atoms with Crippen molar-refractivity contribution in [3.8, 4) is 22.3 Å². The van der Waals surface area contributed by atoms with Crippen molar-refractivity contribution in [1.82, 2.24) is 0 Å². The number of hydrogen-bond acceptors (Lipinski definition) is 2. The van der Waals surface area contributed by atoms with Crippen LogP contribution < -0.4 is 0 Å². The van der Waals surface area contributed by atoms with Crippen LogP contribution in [0.4, 0.5) is 0 Å². The molecular formula is C42H42O2. The lowest BCUT2D eigenvalue weighted by Crippen LogP contribution is -1.87. The molecule has 0 radical (unpaired) electrons. The van der Waals surface area contributed by atoms with Gasteiger partial charge in [0.05, 0.1) is 0 Å². The zero-order valence-electron chi connectivity index (χ0n) is 26.1. The highest BCUT2D eigenvalue weighted by molar-refractivity contribution is 6.15. The lowest BCUT2D eigenvalue weighted by molar-refractivity contribution is 0.664. The molecule has 2 heteroatoms. The van der Waals surface area contributed by atoms with E-state index < -0.39 is 0 Å². The van der Waals surface area contributed by atoms with Crippen LogP contribution in [0.5, 0.6) is 0 Å². The lowest BCUT2D eigenvalue weighted by atomic mass is 9.98. The summed E-state index contributed by atoms with van der Waals surface area (Å²) in [6.07, 6.45) is 12.6. The standard InChI is InChI=1S/C42H42O2/c1-3-5-7-9-13-29-15-11-17-31(23-29)33-19-21-39-35(25-33)37-27-42-38(28-41(37)43-39)36-26-34(20-22-40(36)44-42)32-18-12-16-30(24-32)14-10-8-6-4-2/h11-12,15-28H,3-10,13-14H2,1-2H3. The average Bonchev–Trinajstić information content (AvgIpc) is 3.60. The average molecular weight is 579 g/mol. The smallest absolute Gasteiger partial charge is 0.136 e. The Balaban J connectivity index is 1.21. The van der Waals surface area contributed by atoms with Crippen LogP contribution >= 0.6 is 0 Å². The Labute approximate surface area is 260 Å². The van der Waals surface area contributed by atoms with Crippen molar-refractivity contribution < 1.29 is 8.83 Å². The summed E-state index contributed by atoms with van der Waals surface area (Å²) in [6.45, 7) is 4.53. The van der Waals surface area contributed by atoms with Crippen molar-refractivity contribution in [2.24, 2.45) is 0 Å². The van der Waals surface area contributed by atoms with Gasteiger partial charge in [-0.3, -0.25) is 0 Å². The van der Waals surface area contributed by atoms with Crippen LogP contribution in [-0.4, -0.2) is 0 Å². The summed E-state index contributed by atoms with van der Waals surface area (Å²) in [5.41, 5.74) is 11.4. The van der Waals surface area contributed by atoms with Crippen molar-refractivity contribution in [2.45, 2.75) is 78.1 Å². The van der Waals surface area contributed by atoms with Gasteiger partial charge in [0.1, 0.15) is 22.3 Å². The third kappa shape index (κ3) is 5.78. The number of rotatable bonds is 12. The third-order valence-electron chi connectivity index (χ3n) is 9.22. The maximum atomic E-state index is 6.41. The largest absolute Gasteiger partial charge is 0.456 e. The van der Waals surface area contributed by atoms with Gasteiger partial charge in [0, 0.05) is 21.5 Å². The van der Waals surface area contributed by atoms with Gasteiger partial charge in [0.2, 0.25) is 0 Å². The molecule has 0 N–H and O–H groups in total. The predicted octanol–water partition coefficient (Wildman–Crippen LogP) is 13.1. The van der Waals surface area contributed by atoms with E-state index in [1.807, 2.05) is 0 Å². The molecule has 222 valence electrons. The number of unbranched alkanes of at least 4 members (excludes halogenated alkanes) is 6. The molecule has 2 aromatic heterocycles. The van der Waals surface area contributed by atoms with Gasteiger partial charge in [0.25, 0.3) is 0 Å². The number of furan rings is 2. The zero-order valence-corrected chi connectivity index (χ0v) is 26.1. The molecule has 44 heavy (non-hydrogen) atoms. The summed E-state index contributed by atoms with van der Waals surface area (Å²) in [6, 6.07) is 35.5. The van der Waals surface area contributed by atoms with E-state index in [2.05, 4.69) is 111 Å².